The summed E-state index contributed by atoms with van der Waals surface area (Å²) in [4.78, 5) is 20.2. The molecule has 1 saturated carbocycles. The van der Waals surface area contributed by atoms with Crippen molar-refractivity contribution < 1.29 is 9.21 Å². The Morgan fingerprint density at radius 1 is 1.13 bits per heavy atom. The monoisotopic (exact) mass is 404 g/mol. The lowest BCUT2D eigenvalue weighted by Crippen LogP contribution is -2.38. The van der Waals surface area contributed by atoms with Crippen molar-refractivity contribution in [2.75, 3.05) is 6.54 Å². The van der Waals surface area contributed by atoms with Gasteiger partial charge >= 0.3 is 0 Å². The van der Waals surface area contributed by atoms with Gasteiger partial charge in [0.25, 0.3) is 5.91 Å². The molecule has 6 nitrogen and oxygen atoms in total. The molecule has 1 saturated heterocycles. The van der Waals surface area contributed by atoms with E-state index in [2.05, 4.69) is 30.9 Å². The zero-order chi connectivity index (χ0) is 21.1. The summed E-state index contributed by atoms with van der Waals surface area (Å²) in [5, 5.41) is 4.66. The average molecular weight is 405 g/mol. The normalized spacial score (nSPS) is 24.9. The highest BCUT2D eigenvalue weighted by Gasteiger charge is 2.51. The molecule has 2 aliphatic rings. The highest BCUT2D eigenvalue weighted by molar-refractivity contribution is 5.91. The number of hydrogen-bond donors (Lipinski definition) is 0. The largest absolute Gasteiger partial charge is 0.472 e. The second kappa shape index (κ2) is 6.56. The van der Waals surface area contributed by atoms with Crippen molar-refractivity contribution in [3.63, 3.8) is 0 Å². The van der Waals surface area contributed by atoms with Crippen molar-refractivity contribution in [3.05, 3.63) is 54.2 Å². The van der Waals surface area contributed by atoms with E-state index in [0.29, 0.717) is 5.82 Å². The van der Waals surface area contributed by atoms with Gasteiger partial charge in [0.15, 0.2) is 5.82 Å². The first-order valence-electron chi connectivity index (χ1n) is 10.6. The maximum absolute atomic E-state index is 13.5. The Morgan fingerprint density at radius 3 is 2.60 bits per heavy atom. The Morgan fingerprint density at radius 2 is 1.90 bits per heavy atom. The number of benzene rings is 1. The molecule has 2 aromatic heterocycles. The van der Waals surface area contributed by atoms with Crippen molar-refractivity contribution in [2.24, 2.45) is 10.8 Å². The van der Waals surface area contributed by atoms with Crippen molar-refractivity contribution in [2.45, 2.75) is 53.0 Å². The molecule has 0 spiro atoms. The van der Waals surface area contributed by atoms with Crippen LogP contribution in [0.2, 0.25) is 0 Å². The van der Waals surface area contributed by atoms with E-state index in [-0.39, 0.29) is 28.6 Å². The van der Waals surface area contributed by atoms with E-state index >= 15 is 0 Å². The van der Waals surface area contributed by atoms with Crippen LogP contribution < -0.4 is 0 Å². The SMILES string of the molecule is Cc1ccc(-n2nc(C(=O)N3C[C@@]4(C)C[C@H]3CC(C)(C)C4)nc2-c2ccoc2)cc1. The van der Waals surface area contributed by atoms with E-state index < -0.39 is 0 Å². The molecule has 3 heterocycles. The molecule has 2 fully saturated rings. The lowest BCUT2D eigenvalue weighted by Gasteiger charge is -2.39. The predicted octanol–water partition coefficient (Wildman–Crippen LogP) is 4.88. The van der Waals surface area contributed by atoms with Crippen LogP contribution in [0.25, 0.3) is 17.1 Å². The summed E-state index contributed by atoms with van der Waals surface area (Å²) in [5.41, 5.74) is 3.27. The Bertz CT molecular complexity index is 1080. The third-order valence-electron chi connectivity index (χ3n) is 6.53. The van der Waals surface area contributed by atoms with Crippen molar-refractivity contribution >= 4 is 5.91 Å². The fourth-order valence-electron chi connectivity index (χ4n) is 5.67. The van der Waals surface area contributed by atoms with E-state index in [1.54, 1.807) is 17.2 Å². The molecule has 1 aliphatic heterocycles. The number of aromatic nitrogens is 3. The molecule has 2 bridgehead atoms. The van der Waals surface area contributed by atoms with E-state index in [4.69, 9.17) is 4.42 Å². The van der Waals surface area contributed by atoms with Gasteiger partial charge in [-0.1, -0.05) is 38.5 Å². The first-order valence-corrected chi connectivity index (χ1v) is 10.6. The number of aryl methyl sites for hydroxylation is 1. The summed E-state index contributed by atoms with van der Waals surface area (Å²) in [5.74, 6) is 0.794. The van der Waals surface area contributed by atoms with Crippen molar-refractivity contribution in [1.29, 1.82) is 0 Å². The number of likely N-dealkylation sites (tertiary alicyclic amines) is 1. The molecule has 1 aliphatic carbocycles. The number of furan rings is 1. The second-order valence-corrected chi connectivity index (χ2v) is 10.2. The lowest BCUT2D eigenvalue weighted by molar-refractivity contribution is 0.0696. The summed E-state index contributed by atoms with van der Waals surface area (Å²) in [6.07, 6.45) is 6.48. The van der Waals surface area contributed by atoms with Crippen LogP contribution in [0.1, 0.15) is 56.2 Å². The molecule has 0 N–H and O–H groups in total. The van der Waals surface area contributed by atoms with Gasteiger partial charge in [-0.05, 0) is 55.2 Å². The topological polar surface area (TPSA) is 64.2 Å². The Kier molecular flexibility index (Phi) is 4.17. The molecule has 0 radical (unpaired) electrons. The first kappa shape index (κ1) is 19.1. The molecule has 1 amide bonds. The third kappa shape index (κ3) is 3.24. The second-order valence-electron chi connectivity index (χ2n) is 10.2. The van der Waals surface area contributed by atoms with Gasteiger partial charge in [-0.3, -0.25) is 4.79 Å². The number of hydrogen-bond acceptors (Lipinski definition) is 4. The summed E-state index contributed by atoms with van der Waals surface area (Å²) < 4.78 is 7.01. The fourth-order valence-corrected chi connectivity index (χ4v) is 5.67. The Balaban J connectivity index is 1.53. The quantitative estimate of drug-likeness (QED) is 0.624. The first-order chi connectivity index (χ1) is 14.2. The van der Waals surface area contributed by atoms with Crippen LogP contribution in [0.3, 0.4) is 0 Å². The van der Waals surface area contributed by atoms with Gasteiger partial charge in [0.1, 0.15) is 6.26 Å². The molecule has 30 heavy (non-hydrogen) atoms. The highest BCUT2D eigenvalue weighted by Crippen LogP contribution is 2.52. The molecular formula is C24H28N4O2. The molecule has 0 unspecified atom stereocenters. The molecule has 6 heteroatoms. The van der Waals surface area contributed by atoms with Gasteiger partial charge in [-0.25, -0.2) is 9.67 Å². The van der Waals surface area contributed by atoms with Gasteiger partial charge in [-0.15, -0.1) is 5.10 Å². The number of carbonyl (C=O) groups excluding carboxylic acids is 1. The van der Waals surface area contributed by atoms with Crippen LogP contribution in [0.4, 0.5) is 0 Å². The fraction of sp³-hybridized carbons (Fsp3) is 0.458. The number of rotatable bonds is 3. The summed E-state index contributed by atoms with van der Waals surface area (Å²) >= 11 is 0. The summed E-state index contributed by atoms with van der Waals surface area (Å²) in [7, 11) is 0. The van der Waals surface area contributed by atoms with E-state index in [9.17, 15) is 4.79 Å². The molecule has 2 atom stereocenters. The minimum Gasteiger partial charge on any atom is -0.472 e. The number of nitrogens with zero attached hydrogens (tertiary/aromatic N) is 4. The minimum atomic E-state index is -0.0722. The smallest absolute Gasteiger partial charge is 0.293 e. The number of fused-ring (bicyclic) bond motifs is 2. The zero-order valence-corrected chi connectivity index (χ0v) is 18.1. The number of amides is 1. The van der Waals surface area contributed by atoms with E-state index in [0.717, 1.165) is 37.1 Å². The Labute approximate surface area is 176 Å². The summed E-state index contributed by atoms with van der Waals surface area (Å²) in [6.45, 7) is 9.76. The molecule has 1 aromatic carbocycles. The number of carbonyl (C=O) groups is 1. The van der Waals surface area contributed by atoms with Gasteiger partial charge < -0.3 is 9.32 Å². The van der Waals surface area contributed by atoms with Crippen LogP contribution in [-0.2, 0) is 0 Å². The van der Waals surface area contributed by atoms with Gasteiger partial charge in [0, 0.05) is 12.6 Å². The van der Waals surface area contributed by atoms with E-state index in [1.165, 1.54) is 5.56 Å². The van der Waals surface area contributed by atoms with Gasteiger partial charge in [0.2, 0.25) is 5.82 Å². The molecule has 156 valence electrons. The Hall–Kier alpha value is -2.89. The molecular weight excluding hydrogens is 376 g/mol. The zero-order valence-electron chi connectivity index (χ0n) is 18.1. The standard InChI is InChI=1S/C24H28N4O2/c1-16-5-7-18(8-6-16)28-21(17-9-10-30-13-17)25-20(26-28)22(29)27-15-24(4)12-19(27)11-23(2,3)14-24/h5-10,13,19H,11-12,14-15H2,1-4H3/t19-,24+/m1/s1. The highest BCUT2D eigenvalue weighted by atomic mass is 16.3. The maximum atomic E-state index is 13.5. The van der Waals surface area contributed by atoms with Crippen LogP contribution >= 0.6 is 0 Å². The van der Waals surface area contributed by atoms with Crippen LogP contribution in [0.5, 0.6) is 0 Å². The van der Waals surface area contributed by atoms with Crippen LogP contribution in [0.15, 0.2) is 47.3 Å². The lowest BCUT2D eigenvalue weighted by atomic mass is 9.65. The molecule has 5 rings (SSSR count). The predicted molar refractivity (Wildman–Crippen MR) is 114 cm³/mol. The summed E-state index contributed by atoms with van der Waals surface area (Å²) in [6, 6.07) is 10.2. The maximum Gasteiger partial charge on any atom is 0.293 e. The van der Waals surface area contributed by atoms with Gasteiger partial charge in [-0.2, -0.15) is 0 Å². The van der Waals surface area contributed by atoms with Crippen LogP contribution in [0, 0.1) is 17.8 Å². The van der Waals surface area contributed by atoms with Crippen molar-refractivity contribution in [3.8, 4) is 17.1 Å². The average Bonchev–Trinajstić information content (AvgIpc) is 3.38. The van der Waals surface area contributed by atoms with E-state index in [1.807, 2.05) is 42.2 Å². The van der Waals surface area contributed by atoms with Crippen LogP contribution in [-0.4, -0.2) is 38.2 Å². The van der Waals surface area contributed by atoms with Crippen molar-refractivity contribution in [1.82, 2.24) is 19.7 Å². The van der Waals surface area contributed by atoms with Gasteiger partial charge in [0.05, 0.1) is 17.5 Å². The minimum absolute atomic E-state index is 0.0722. The molecule has 3 aromatic rings. The third-order valence-corrected chi connectivity index (χ3v) is 6.53.